The highest BCUT2D eigenvalue weighted by atomic mass is 16.5. The predicted molar refractivity (Wildman–Crippen MR) is 76.9 cm³/mol. The van der Waals surface area contributed by atoms with Crippen molar-refractivity contribution in [1.29, 1.82) is 0 Å². The summed E-state index contributed by atoms with van der Waals surface area (Å²) in [6.45, 7) is 1.81. The maximum atomic E-state index is 11.8. The second kappa shape index (κ2) is 6.36. The first-order valence-corrected chi connectivity index (χ1v) is 6.89. The van der Waals surface area contributed by atoms with Crippen molar-refractivity contribution < 1.29 is 9.53 Å². The van der Waals surface area contributed by atoms with Gasteiger partial charge in [-0.2, -0.15) is 5.10 Å². The number of amides is 2. The summed E-state index contributed by atoms with van der Waals surface area (Å²) >= 11 is 0. The molecule has 21 heavy (non-hydrogen) atoms. The Hall–Kier alpha value is -2.41. The van der Waals surface area contributed by atoms with Crippen LogP contribution in [0.3, 0.4) is 0 Å². The minimum Gasteiger partial charge on any atom is -0.376 e. The summed E-state index contributed by atoms with van der Waals surface area (Å²) in [5.41, 5.74) is 3.83. The van der Waals surface area contributed by atoms with Crippen LogP contribution in [-0.2, 0) is 24.2 Å². The van der Waals surface area contributed by atoms with E-state index in [1.807, 2.05) is 12.3 Å². The molecular weight excluding hydrogens is 270 g/mol. The number of pyridine rings is 1. The molecule has 0 radical (unpaired) electrons. The minimum atomic E-state index is -0.239. The highest BCUT2D eigenvalue weighted by Gasteiger charge is 2.12. The molecule has 7 nitrogen and oxygen atoms in total. The Labute approximate surface area is 122 Å². The fourth-order valence-electron chi connectivity index (χ4n) is 2.22. The van der Waals surface area contributed by atoms with E-state index in [0.29, 0.717) is 25.4 Å². The van der Waals surface area contributed by atoms with Gasteiger partial charge in [-0.1, -0.05) is 0 Å². The lowest BCUT2D eigenvalue weighted by atomic mass is 10.1. The average Bonchev–Trinajstić information content (AvgIpc) is 3.00. The van der Waals surface area contributed by atoms with Crippen LogP contribution in [0.15, 0.2) is 24.7 Å². The van der Waals surface area contributed by atoms with E-state index in [1.165, 1.54) is 0 Å². The third-order valence-electron chi connectivity index (χ3n) is 3.31. The summed E-state index contributed by atoms with van der Waals surface area (Å²) in [4.78, 5) is 16.2. The molecule has 1 aliphatic rings. The molecule has 0 bridgehead atoms. The van der Waals surface area contributed by atoms with Crippen LogP contribution in [0.2, 0.25) is 0 Å². The maximum absolute atomic E-state index is 11.8. The van der Waals surface area contributed by atoms with Gasteiger partial charge in [0.05, 0.1) is 31.3 Å². The average molecular weight is 287 g/mol. The number of rotatable bonds is 4. The zero-order chi connectivity index (χ0) is 14.5. The van der Waals surface area contributed by atoms with Crippen LogP contribution in [0.25, 0.3) is 0 Å². The lowest BCUT2D eigenvalue weighted by Gasteiger charge is -2.16. The van der Waals surface area contributed by atoms with Crippen LogP contribution in [0.1, 0.15) is 16.8 Å². The minimum absolute atomic E-state index is 0.239. The molecule has 0 aliphatic carbocycles. The van der Waals surface area contributed by atoms with Crippen molar-refractivity contribution in [3.8, 4) is 0 Å². The van der Waals surface area contributed by atoms with Gasteiger partial charge in [0.2, 0.25) is 0 Å². The number of carbonyl (C=O) groups excluding carboxylic acids is 1. The third-order valence-corrected chi connectivity index (χ3v) is 3.31. The van der Waals surface area contributed by atoms with Gasteiger partial charge in [0, 0.05) is 30.4 Å². The fraction of sp³-hybridized carbons (Fsp3) is 0.357. The van der Waals surface area contributed by atoms with Gasteiger partial charge < -0.3 is 15.4 Å². The van der Waals surface area contributed by atoms with Crippen molar-refractivity contribution in [3.05, 3.63) is 41.5 Å². The van der Waals surface area contributed by atoms with E-state index in [1.54, 1.807) is 12.4 Å². The van der Waals surface area contributed by atoms with Crippen LogP contribution in [0.4, 0.5) is 10.5 Å². The molecular formula is C14H17N5O2. The summed E-state index contributed by atoms with van der Waals surface area (Å²) in [7, 11) is 0. The number of H-pyrrole nitrogens is 1. The zero-order valence-corrected chi connectivity index (χ0v) is 11.6. The van der Waals surface area contributed by atoms with Crippen molar-refractivity contribution in [3.63, 3.8) is 0 Å². The SMILES string of the molecule is O=C(NCCc1cn[nH]c1)Nc1cnc2c(c1)COCC2. The summed E-state index contributed by atoms with van der Waals surface area (Å²) in [5.74, 6) is 0. The van der Waals surface area contributed by atoms with Crippen molar-refractivity contribution in [2.45, 2.75) is 19.4 Å². The van der Waals surface area contributed by atoms with Crippen LogP contribution < -0.4 is 10.6 Å². The first kappa shape index (κ1) is 13.6. The number of hydrogen-bond donors (Lipinski definition) is 3. The highest BCUT2D eigenvalue weighted by Crippen LogP contribution is 2.18. The Kier molecular flexibility index (Phi) is 4.11. The number of ether oxygens (including phenoxy) is 1. The van der Waals surface area contributed by atoms with E-state index in [2.05, 4.69) is 25.8 Å². The molecule has 2 aromatic rings. The second-order valence-corrected chi connectivity index (χ2v) is 4.87. The molecule has 0 aromatic carbocycles. The number of carbonyl (C=O) groups is 1. The molecule has 3 heterocycles. The molecule has 3 rings (SSSR count). The molecule has 0 spiro atoms. The first-order valence-electron chi connectivity index (χ1n) is 6.89. The summed E-state index contributed by atoms with van der Waals surface area (Å²) in [6.07, 6.45) is 6.80. The Morgan fingerprint density at radius 2 is 2.38 bits per heavy atom. The number of anilines is 1. The van der Waals surface area contributed by atoms with E-state index < -0.39 is 0 Å². The summed E-state index contributed by atoms with van der Waals surface area (Å²) < 4.78 is 5.38. The van der Waals surface area contributed by atoms with Gasteiger partial charge >= 0.3 is 6.03 Å². The first-order chi connectivity index (χ1) is 10.3. The Balaban J connectivity index is 1.50. The highest BCUT2D eigenvalue weighted by molar-refractivity contribution is 5.89. The Bertz CT molecular complexity index is 612. The lowest BCUT2D eigenvalue weighted by Crippen LogP contribution is -2.30. The van der Waals surface area contributed by atoms with E-state index in [9.17, 15) is 4.79 Å². The smallest absolute Gasteiger partial charge is 0.319 e. The molecule has 1 aliphatic heterocycles. The van der Waals surface area contributed by atoms with Crippen LogP contribution in [-0.4, -0.2) is 34.4 Å². The Morgan fingerprint density at radius 3 is 3.24 bits per heavy atom. The quantitative estimate of drug-likeness (QED) is 0.789. The van der Waals surface area contributed by atoms with E-state index >= 15 is 0 Å². The molecule has 2 amide bonds. The van der Waals surface area contributed by atoms with Gasteiger partial charge in [-0.15, -0.1) is 0 Å². The van der Waals surface area contributed by atoms with Gasteiger partial charge in [0.15, 0.2) is 0 Å². The van der Waals surface area contributed by atoms with E-state index in [0.717, 1.165) is 29.7 Å². The van der Waals surface area contributed by atoms with Gasteiger partial charge in [-0.3, -0.25) is 10.1 Å². The van der Waals surface area contributed by atoms with Crippen molar-refractivity contribution in [2.24, 2.45) is 0 Å². The largest absolute Gasteiger partial charge is 0.376 e. The van der Waals surface area contributed by atoms with Gasteiger partial charge in [0.1, 0.15) is 0 Å². The monoisotopic (exact) mass is 287 g/mol. The van der Waals surface area contributed by atoms with Gasteiger partial charge in [0.25, 0.3) is 0 Å². The van der Waals surface area contributed by atoms with E-state index in [4.69, 9.17) is 4.74 Å². The molecule has 110 valence electrons. The van der Waals surface area contributed by atoms with E-state index in [-0.39, 0.29) is 6.03 Å². The van der Waals surface area contributed by atoms with Crippen LogP contribution in [0, 0.1) is 0 Å². The second-order valence-electron chi connectivity index (χ2n) is 4.87. The van der Waals surface area contributed by atoms with Gasteiger partial charge in [-0.25, -0.2) is 4.79 Å². The number of nitrogens with zero attached hydrogens (tertiary/aromatic N) is 2. The topological polar surface area (TPSA) is 91.9 Å². The normalized spacial score (nSPS) is 13.5. The van der Waals surface area contributed by atoms with Gasteiger partial charge in [-0.05, 0) is 18.1 Å². The molecule has 2 aromatic heterocycles. The number of hydrogen-bond acceptors (Lipinski definition) is 4. The number of urea groups is 1. The number of aromatic amines is 1. The van der Waals surface area contributed by atoms with Crippen molar-refractivity contribution in [2.75, 3.05) is 18.5 Å². The van der Waals surface area contributed by atoms with Crippen LogP contribution in [0.5, 0.6) is 0 Å². The molecule has 0 fully saturated rings. The molecule has 0 saturated carbocycles. The zero-order valence-electron chi connectivity index (χ0n) is 11.6. The molecule has 7 heteroatoms. The number of nitrogens with one attached hydrogen (secondary N) is 3. The maximum Gasteiger partial charge on any atom is 0.319 e. The predicted octanol–water partition coefficient (Wildman–Crippen LogP) is 1.24. The summed E-state index contributed by atoms with van der Waals surface area (Å²) in [5, 5.41) is 12.2. The molecule has 0 unspecified atom stereocenters. The molecule has 0 atom stereocenters. The lowest BCUT2D eigenvalue weighted by molar-refractivity contribution is 0.109. The van der Waals surface area contributed by atoms with Crippen LogP contribution >= 0.6 is 0 Å². The third kappa shape index (κ3) is 3.57. The molecule has 0 saturated heterocycles. The Morgan fingerprint density at radius 1 is 1.43 bits per heavy atom. The standard InChI is InChI=1S/C14H17N5O2/c20-14(15-3-1-10-6-17-18-7-10)19-12-5-11-9-21-4-2-13(11)16-8-12/h5-8H,1-4,9H2,(H,17,18)(H2,15,19,20). The van der Waals surface area contributed by atoms with Crippen molar-refractivity contribution >= 4 is 11.7 Å². The number of aromatic nitrogens is 3. The summed E-state index contributed by atoms with van der Waals surface area (Å²) in [6, 6.07) is 1.67. The number of fused-ring (bicyclic) bond motifs is 1. The molecule has 3 N–H and O–H groups in total. The van der Waals surface area contributed by atoms with Crippen molar-refractivity contribution in [1.82, 2.24) is 20.5 Å². The fourth-order valence-corrected chi connectivity index (χ4v) is 2.22.